The Morgan fingerprint density at radius 2 is 1.96 bits per heavy atom. The van der Waals surface area contributed by atoms with E-state index in [4.69, 9.17) is 0 Å². The van der Waals surface area contributed by atoms with Crippen LogP contribution in [0.25, 0.3) is 5.57 Å². The molecule has 3 heteroatoms. The van der Waals surface area contributed by atoms with Crippen molar-refractivity contribution in [3.8, 4) is 0 Å². The summed E-state index contributed by atoms with van der Waals surface area (Å²) >= 11 is 0. The highest BCUT2D eigenvalue weighted by molar-refractivity contribution is 5.74. The fourth-order valence-corrected chi connectivity index (χ4v) is 3.94. The van der Waals surface area contributed by atoms with E-state index in [1.165, 1.54) is 22.8 Å². The molecule has 24 heavy (non-hydrogen) atoms. The van der Waals surface area contributed by atoms with Crippen LogP contribution in [-0.2, 0) is 6.42 Å². The molecular weight excluding hydrogens is 304 g/mol. The molecule has 1 fully saturated rings. The quantitative estimate of drug-likeness (QED) is 0.760. The fraction of sp³-hybridized carbons (Fsp3) is 0.333. The standard InChI is InChI=1S/C21H21F2N/c22-21(23)17-6-3-5-16(12-17)18-10-11-24(13-18)14-19-9-8-15-4-1-2-7-20(15)19/h1-7,9,12,18,21H,8,10-11,13-14H2. The average Bonchev–Trinajstić information content (AvgIpc) is 3.23. The van der Waals surface area contributed by atoms with Crippen LogP contribution in [0, 0.1) is 0 Å². The molecule has 1 saturated heterocycles. The van der Waals surface area contributed by atoms with Crippen molar-refractivity contribution >= 4 is 5.57 Å². The number of hydrogen-bond acceptors (Lipinski definition) is 1. The van der Waals surface area contributed by atoms with Crippen LogP contribution in [0.2, 0.25) is 0 Å². The maximum atomic E-state index is 12.9. The van der Waals surface area contributed by atoms with Gasteiger partial charge in [0.25, 0.3) is 6.43 Å². The normalized spacial score (nSPS) is 20.5. The van der Waals surface area contributed by atoms with Gasteiger partial charge in [-0.15, -0.1) is 0 Å². The molecule has 1 aliphatic carbocycles. The molecule has 2 aliphatic rings. The first-order valence-corrected chi connectivity index (χ1v) is 8.58. The number of hydrogen-bond donors (Lipinski definition) is 0. The second-order valence-corrected chi connectivity index (χ2v) is 6.78. The Morgan fingerprint density at radius 3 is 2.83 bits per heavy atom. The van der Waals surface area contributed by atoms with Crippen LogP contribution >= 0.6 is 0 Å². The third kappa shape index (κ3) is 3.01. The van der Waals surface area contributed by atoms with Crippen molar-refractivity contribution in [2.75, 3.05) is 19.6 Å². The van der Waals surface area contributed by atoms with E-state index in [0.717, 1.165) is 38.0 Å². The Balaban J connectivity index is 1.43. The van der Waals surface area contributed by atoms with E-state index in [9.17, 15) is 8.78 Å². The van der Waals surface area contributed by atoms with E-state index in [0.29, 0.717) is 5.92 Å². The number of benzene rings is 2. The minimum Gasteiger partial charge on any atom is -0.298 e. The van der Waals surface area contributed by atoms with E-state index in [2.05, 4.69) is 35.2 Å². The second-order valence-electron chi connectivity index (χ2n) is 6.78. The van der Waals surface area contributed by atoms with E-state index in [1.54, 1.807) is 12.1 Å². The molecule has 0 amide bonds. The summed E-state index contributed by atoms with van der Waals surface area (Å²) in [5.74, 6) is 0.362. The predicted octanol–water partition coefficient (Wildman–Crippen LogP) is 5.05. The number of allylic oxidation sites excluding steroid dienone is 1. The Bertz CT molecular complexity index is 766. The summed E-state index contributed by atoms with van der Waals surface area (Å²) in [7, 11) is 0. The second kappa shape index (κ2) is 6.48. The van der Waals surface area contributed by atoms with Crippen LogP contribution in [-0.4, -0.2) is 24.5 Å². The summed E-state index contributed by atoms with van der Waals surface area (Å²) in [5, 5.41) is 0. The summed E-state index contributed by atoms with van der Waals surface area (Å²) in [5.41, 5.74) is 5.38. The molecule has 0 radical (unpaired) electrons. The molecular formula is C21H21F2N. The van der Waals surface area contributed by atoms with Gasteiger partial charge >= 0.3 is 0 Å². The summed E-state index contributed by atoms with van der Waals surface area (Å²) < 4.78 is 25.8. The van der Waals surface area contributed by atoms with Gasteiger partial charge in [-0.2, -0.15) is 0 Å². The molecule has 2 aromatic carbocycles. The van der Waals surface area contributed by atoms with Gasteiger partial charge in [-0.05, 0) is 53.6 Å². The average molecular weight is 325 g/mol. The van der Waals surface area contributed by atoms with Crippen LogP contribution < -0.4 is 0 Å². The van der Waals surface area contributed by atoms with E-state index in [-0.39, 0.29) is 5.56 Å². The number of fused-ring (bicyclic) bond motifs is 1. The van der Waals surface area contributed by atoms with Gasteiger partial charge in [0.15, 0.2) is 0 Å². The fourth-order valence-electron chi connectivity index (χ4n) is 3.94. The predicted molar refractivity (Wildman–Crippen MR) is 93.3 cm³/mol. The zero-order valence-electron chi connectivity index (χ0n) is 13.6. The molecule has 0 spiro atoms. The summed E-state index contributed by atoms with van der Waals surface area (Å²) in [6, 6.07) is 15.5. The van der Waals surface area contributed by atoms with Crippen molar-refractivity contribution in [2.45, 2.75) is 25.2 Å². The van der Waals surface area contributed by atoms with Gasteiger partial charge < -0.3 is 0 Å². The first kappa shape index (κ1) is 15.5. The van der Waals surface area contributed by atoms with Crippen LogP contribution in [0.3, 0.4) is 0 Å². The lowest BCUT2D eigenvalue weighted by Gasteiger charge is -2.18. The molecule has 1 heterocycles. The highest BCUT2D eigenvalue weighted by Gasteiger charge is 2.26. The lowest BCUT2D eigenvalue weighted by atomic mass is 9.97. The highest BCUT2D eigenvalue weighted by Crippen LogP contribution is 2.33. The molecule has 1 atom stereocenters. The van der Waals surface area contributed by atoms with Crippen molar-refractivity contribution in [2.24, 2.45) is 0 Å². The van der Waals surface area contributed by atoms with E-state index >= 15 is 0 Å². The monoisotopic (exact) mass is 325 g/mol. The Labute approximate surface area is 141 Å². The zero-order valence-corrected chi connectivity index (χ0v) is 13.6. The maximum Gasteiger partial charge on any atom is 0.263 e. The molecule has 1 unspecified atom stereocenters. The molecule has 124 valence electrons. The molecule has 1 nitrogen and oxygen atoms in total. The smallest absolute Gasteiger partial charge is 0.263 e. The SMILES string of the molecule is FC(F)c1cccc(C2CCN(CC3=CCc4ccccc43)C2)c1. The largest absolute Gasteiger partial charge is 0.298 e. The van der Waals surface area contributed by atoms with Crippen molar-refractivity contribution in [3.05, 3.63) is 76.9 Å². The molecule has 0 N–H and O–H groups in total. The molecule has 0 aromatic heterocycles. The molecule has 0 bridgehead atoms. The lowest BCUT2D eigenvalue weighted by molar-refractivity contribution is 0.151. The third-order valence-electron chi connectivity index (χ3n) is 5.23. The minimum absolute atomic E-state index is 0.137. The van der Waals surface area contributed by atoms with Crippen LogP contribution in [0.4, 0.5) is 8.78 Å². The van der Waals surface area contributed by atoms with Crippen molar-refractivity contribution in [1.29, 1.82) is 0 Å². The summed E-state index contributed by atoms with van der Waals surface area (Å²) in [6.45, 7) is 2.94. The summed E-state index contributed by atoms with van der Waals surface area (Å²) in [4.78, 5) is 2.45. The highest BCUT2D eigenvalue weighted by atomic mass is 19.3. The van der Waals surface area contributed by atoms with Gasteiger partial charge in [-0.1, -0.05) is 48.5 Å². The number of halogens is 2. The first-order chi connectivity index (χ1) is 11.7. The van der Waals surface area contributed by atoms with E-state index in [1.807, 2.05) is 6.07 Å². The van der Waals surface area contributed by atoms with Gasteiger partial charge in [0.2, 0.25) is 0 Å². The number of nitrogens with zero attached hydrogens (tertiary/aromatic N) is 1. The number of likely N-dealkylation sites (tertiary alicyclic amines) is 1. The Morgan fingerprint density at radius 1 is 1.08 bits per heavy atom. The van der Waals surface area contributed by atoms with Gasteiger partial charge in [0, 0.05) is 18.7 Å². The van der Waals surface area contributed by atoms with Gasteiger partial charge in [-0.25, -0.2) is 8.78 Å². The topological polar surface area (TPSA) is 3.24 Å². The molecule has 1 aliphatic heterocycles. The number of rotatable bonds is 4. The Hall–Kier alpha value is -2.00. The van der Waals surface area contributed by atoms with Crippen molar-refractivity contribution < 1.29 is 8.78 Å². The van der Waals surface area contributed by atoms with Crippen LogP contribution in [0.5, 0.6) is 0 Å². The van der Waals surface area contributed by atoms with Crippen molar-refractivity contribution in [3.63, 3.8) is 0 Å². The van der Waals surface area contributed by atoms with Crippen LogP contribution in [0.1, 0.15) is 41.0 Å². The molecule has 2 aromatic rings. The van der Waals surface area contributed by atoms with Gasteiger partial charge in [0.1, 0.15) is 0 Å². The van der Waals surface area contributed by atoms with Gasteiger partial charge in [0.05, 0.1) is 0 Å². The third-order valence-corrected chi connectivity index (χ3v) is 5.23. The number of alkyl halides is 2. The van der Waals surface area contributed by atoms with Crippen molar-refractivity contribution in [1.82, 2.24) is 4.90 Å². The lowest BCUT2D eigenvalue weighted by Crippen LogP contribution is -2.22. The Kier molecular flexibility index (Phi) is 4.19. The molecule has 4 rings (SSSR count). The maximum absolute atomic E-state index is 12.9. The van der Waals surface area contributed by atoms with E-state index < -0.39 is 6.43 Å². The minimum atomic E-state index is -2.39. The van der Waals surface area contributed by atoms with Gasteiger partial charge in [-0.3, -0.25) is 4.90 Å². The van der Waals surface area contributed by atoms with Crippen LogP contribution in [0.15, 0.2) is 54.6 Å². The summed E-state index contributed by atoms with van der Waals surface area (Å²) in [6.07, 6.45) is 2.01. The first-order valence-electron chi connectivity index (χ1n) is 8.58. The zero-order chi connectivity index (χ0) is 16.5. The molecule has 0 saturated carbocycles.